The third-order valence-corrected chi connectivity index (χ3v) is 14.7. The molecule has 17 heteroatoms. The molecule has 312 valence electrons. The van der Waals surface area contributed by atoms with Gasteiger partial charge in [-0.1, -0.05) is 106 Å². The first-order valence-electron chi connectivity index (χ1n) is 18.5. The van der Waals surface area contributed by atoms with Gasteiger partial charge in [-0.2, -0.15) is 14.5 Å². The second-order valence-corrected chi connectivity index (χ2v) is 18.9. The van der Waals surface area contributed by atoms with Crippen LogP contribution in [-0.4, -0.2) is 37.2 Å². The van der Waals surface area contributed by atoms with Crippen LogP contribution in [0.5, 0.6) is 5.75 Å². The average Bonchev–Trinajstić information content (AvgIpc) is 3.87. The largest absolute Gasteiger partial charge is 0.496 e. The fourth-order valence-corrected chi connectivity index (χ4v) is 11.5. The van der Waals surface area contributed by atoms with Crippen molar-refractivity contribution in [2.45, 2.75) is 56.3 Å². The lowest BCUT2D eigenvalue weighted by Crippen LogP contribution is -2.48. The SMILES string of the molecule is COc1cc(C)c(S(=O)(=O)N(C(C2=NNC(c3ccc(Cl)cc3)C2)c2ccc(Cl)cc2Cl)C(C2=NNC(c3ccc(Cl)cc3)C2C(N)=O)c2ccc(Cl)cc2Cl)c(C)c1C. The van der Waals surface area contributed by atoms with Crippen LogP contribution < -0.4 is 21.3 Å². The van der Waals surface area contributed by atoms with Crippen molar-refractivity contribution in [1.82, 2.24) is 15.2 Å². The summed E-state index contributed by atoms with van der Waals surface area (Å²) in [5, 5.41) is 11.5. The van der Waals surface area contributed by atoms with Crippen LogP contribution in [0.1, 0.15) is 69.5 Å². The Hall–Kier alpha value is -4.04. The van der Waals surface area contributed by atoms with E-state index in [4.69, 9.17) is 90.3 Å². The number of amides is 1. The molecule has 0 saturated heterocycles. The molecule has 10 nitrogen and oxygen atoms in total. The number of carbonyl (C=O) groups excluding carboxylic acids is 1. The molecule has 7 rings (SSSR count). The molecule has 4 N–H and O–H groups in total. The number of hydrogen-bond acceptors (Lipinski definition) is 8. The molecule has 0 saturated carbocycles. The summed E-state index contributed by atoms with van der Waals surface area (Å²) in [6.07, 6.45) is 0.218. The second kappa shape index (κ2) is 17.7. The predicted octanol–water partition coefficient (Wildman–Crippen LogP) is 10.9. The number of benzene rings is 5. The Bertz CT molecular complexity index is 2660. The van der Waals surface area contributed by atoms with Gasteiger partial charge in [0.05, 0.1) is 47.6 Å². The van der Waals surface area contributed by atoms with Gasteiger partial charge >= 0.3 is 0 Å². The van der Waals surface area contributed by atoms with E-state index in [0.717, 1.165) is 5.56 Å². The summed E-state index contributed by atoms with van der Waals surface area (Å²) in [6.45, 7) is 5.19. The molecule has 2 aliphatic rings. The maximum Gasteiger partial charge on any atom is 0.245 e. The summed E-state index contributed by atoms with van der Waals surface area (Å²) < 4.78 is 39.6. The number of rotatable bonds is 12. The Labute approximate surface area is 378 Å². The lowest BCUT2D eigenvalue weighted by atomic mass is 9.84. The number of nitrogens with zero attached hydrogens (tertiary/aromatic N) is 3. The minimum Gasteiger partial charge on any atom is -0.496 e. The third kappa shape index (κ3) is 8.43. The molecule has 2 heterocycles. The molecule has 0 spiro atoms. The standard InChI is InChI=1S/C43H38Cl6N6O4S/c1-21-17-36(59-4)22(2)23(3)42(21)60(57,58)55(40(30-15-13-28(46)18-32(30)48)35-20-34(51-52-35)24-5-9-26(44)10-6-24)41(31-16-14-29(47)19-33(31)49)39-37(43(50)56)38(53-54-39)25-7-11-27(45)12-8-25/h5-19,34,37-38,40-41,51,53H,20H2,1-4H3,(H2,50,56). The van der Waals surface area contributed by atoms with Crippen molar-refractivity contribution in [2.75, 3.05) is 7.11 Å². The third-order valence-electron chi connectivity index (χ3n) is 10.9. The summed E-state index contributed by atoms with van der Waals surface area (Å²) in [4.78, 5) is 13.9. The molecule has 0 bridgehead atoms. The Morgan fingerprint density at radius 1 is 0.733 bits per heavy atom. The molecule has 0 aliphatic carbocycles. The topological polar surface area (TPSA) is 138 Å². The Morgan fingerprint density at radius 2 is 1.27 bits per heavy atom. The van der Waals surface area contributed by atoms with Crippen molar-refractivity contribution in [1.29, 1.82) is 0 Å². The normalized spacial score (nSPS) is 18.7. The number of carbonyl (C=O) groups is 1. The minimum atomic E-state index is -4.77. The Balaban J connectivity index is 1.56. The summed E-state index contributed by atoms with van der Waals surface area (Å²) in [5.74, 6) is -1.49. The molecule has 5 aromatic rings. The Kier molecular flexibility index (Phi) is 13.0. The first-order chi connectivity index (χ1) is 28.5. The molecule has 2 aliphatic heterocycles. The van der Waals surface area contributed by atoms with Crippen molar-refractivity contribution in [2.24, 2.45) is 21.9 Å². The molecular formula is C43H38Cl6N6O4S. The summed E-state index contributed by atoms with van der Waals surface area (Å²) in [6, 6.07) is 21.3. The zero-order valence-corrected chi connectivity index (χ0v) is 37.8. The lowest BCUT2D eigenvalue weighted by molar-refractivity contribution is -0.120. The van der Waals surface area contributed by atoms with Crippen molar-refractivity contribution >= 4 is 97.0 Å². The van der Waals surface area contributed by atoms with Crippen LogP contribution in [0.25, 0.3) is 0 Å². The van der Waals surface area contributed by atoms with Crippen LogP contribution >= 0.6 is 69.6 Å². The highest BCUT2D eigenvalue weighted by Crippen LogP contribution is 2.49. The van der Waals surface area contributed by atoms with Gasteiger partial charge in [0, 0.05) is 36.6 Å². The van der Waals surface area contributed by atoms with E-state index in [1.165, 1.54) is 23.5 Å². The van der Waals surface area contributed by atoms with E-state index in [1.54, 1.807) is 87.5 Å². The molecular weight excluding hydrogens is 909 g/mol. The predicted molar refractivity (Wildman–Crippen MR) is 241 cm³/mol. The summed E-state index contributed by atoms with van der Waals surface area (Å²) in [7, 11) is -3.25. The number of hydrogen-bond donors (Lipinski definition) is 3. The van der Waals surface area contributed by atoms with Crippen LogP contribution in [0.3, 0.4) is 0 Å². The molecule has 5 aromatic carbocycles. The van der Waals surface area contributed by atoms with Crippen LogP contribution in [0.15, 0.2) is 106 Å². The zero-order chi connectivity index (χ0) is 43.2. The van der Waals surface area contributed by atoms with Gasteiger partial charge < -0.3 is 21.3 Å². The minimum absolute atomic E-state index is 0.0109. The van der Waals surface area contributed by atoms with Crippen LogP contribution in [-0.2, 0) is 14.8 Å². The molecule has 0 radical (unpaired) electrons. The zero-order valence-electron chi connectivity index (χ0n) is 32.5. The monoisotopic (exact) mass is 944 g/mol. The number of nitrogens with one attached hydrogen (secondary N) is 2. The van der Waals surface area contributed by atoms with Crippen molar-refractivity contribution in [3.8, 4) is 5.75 Å². The van der Waals surface area contributed by atoms with Crippen LogP contribution in [0.4, 0.5) is 0 Å². The fourth-order valence-electron chi connectivity index (χ4n) is 7.96. The maximum atomic E-state index is 16.3. The summed E-state index contributed by atoms with van der Waals surface area (Å²) in [5.41, 5.74) is 16.5. The van der Waals surface area contributed by atoms with E-state index in [9.17, 15) is 4.79 Å². The first-order valence-corrected chi connectivity index (χ1v) is 22.3. The number of halogens is 6. The maximum absolute atomic E-state index is 16.3. The first kappa shape index (κ1) is 44.0. The molecule has 1 amide bonds. The highest BCUT2D eigenvalue weighted by atomic mass is 35.5. The van der Waals surface area contributed by atoms with Crippen molar-refractivity contribution in [3.05, 3.63) is 160 Å². The molecule has 60 heavy (non-hydrogen) atoms. The number of methoxy groups -OCH3 is 1. The van der Waals surface area contributed by atoms with Gasteiger partial charge in [0.25, 0.3) is 0 Å². The van der Waals surface area contributed by atoms with Gasteiger partial charge in [-0.05, 0) is 114 Å². The number of sulfonamides is 1. The van der Waals surface area contributed by atoms with E-state index in [-0.39, 0.29) is 32.6 Å². The smallest absolute Gasteiger partial charge is 0.245 e. The second-order valence-electron chi connectivity index (χ2n) is 14.6. The Morgan fingerprint density at radius 3 is 1.80 bits per heavy atom. The van der Waals surface area contributed by atoms with E-state index in [0.29, 0.717) is 59.4 Å². The molecule has 5 atom stereocenters. The average molecular weight is 948 g/mol. The number of aryl methyl sites for hydroxylation is 1. The lowest BCUT2D eigenvalue weighted by Gasteiger charge is -2.40. The molecule has 0 fully saturated rings. The summed E-state index contributed by atoms with van der Waals surface area (Å²) >= 11 is 39.7. The van der Waals surface area contributed by atoms with Gasteiger partial charge in [0.2, 0.25) is 15.9 Å². The van der Waals surface area contributed by atoms with Crippen molar-refractivity contribution < 1.29 is 17.9 Å². The number of hydrazone groups is 2. The fraction of sp³-hybridized carbons (Fsp3) is 0.233. The number of primary amides is 1. The van der Waals surface area contributed by atoms with E-state index in [2.05, 4.69) is 10.9 Å². The van der Waals surface area contributed by atoms with Gasteiger partial charge in [-0.15, -0.1) is 0 Å². The van der Waals surface area contributed by atoms with E-state index in [1.807, 2.05) is 12.1 Å². The number of nitrogens with two attached hydrogens (primary N) is 1. The van der Waals surface area contributed by atoms with E-state index < -0.39 is 46.0 Å². The van der Waals surface area contributed by atoms with Crippen LogP contribution in [0.2, 0.25) is 30.1 Å². The highest BCUT2D eigenvalue weighted by Gasteiger charge is 2.51. The quantitative estimate of drug-likeness (QED) is 0.114. The van der Waals surface area contributed by atoms with Crippen molar-refractivity contribution in [3.63, 3.8) is 0 Å². The molecule has 0 aromatic heterocycles. The van der Waals surface area contributed by atoms with Gasteiger partial charge in [-0.25, -0.2) is 8.42 Å². The van der Waals surface area contributed by atoms with Gasteiger partial charge in [-0.3, -0.25) is 4.79 Å². The van der Waals surface area contributed by atoms with Gasteiger partial charge in [0.1, 0.15) is 11.7 Å². The van der Waals surface area contributed by atoms with E-state index >= 15 is 8.42 Å². The van der Waals surface area contributed by atoms with Crippen LogP contribution in [0, 0.1) is 26.7 Å². The van der Waals surface area contributed by atoms with Gasteiger partial charge in [0.15, 0.2) is 0 Å². The molecule has 5 unspecified atom stereocenters. The number of ether oxygens (including phenoxy) is 1. The highest BCUT2D eigenvalue weighted by molar-refractivity contribution is 7.89.